The number of nitrogens with zero attached hydrogens (tertiary/aromatic N) is 4. The number of aryl methyl sites for hydroxylation is 1. The first kappa shape index (κ1) is 19.5. The van der Waals surface area contributed by atoms with Crippen LogP contribution >= 0.6 is 11.8 Å². The molecule has 0 saturated carbocycles. The van der Waals surface area contributed by atoms with Crippen LogP contribution in [0.4, 0.5) is 0 Å². The lowest BCUT2D eigenvalue weighted by Gasteiger charge is -2.30. The molecule has 8 heteroatoms. The van der Waals surface area contributed by atoms with Crippen LogP contribution < -0.4 is 0 Å². The molecule has 1 amide bonds. The molecule has 28 heavy (non-hydrogen) atoms. The van der Waals surface area contributed by atoms with Crippen LogP contribution in [-0.2, 0) is 16.1 Å². The smallest absolute Gasteiger partial charge is 0.233 e. The van der Waals surface area contributed by atoms with Gasteiger partial charge in [-0.3, -0.25) is 9.36 Å². The highest BCUT2D eigenvalue weighted by Crippen LogP contribution is 2.29. The standard InChI is InChI=1S/C20H28N4O3S/c1-14-5-8-23(9-6-14)18(25)13-28-20-22-21-19(17-7-11-26-15(17)2)24(20)12-16-4-3-10-27-16/h7,11,14,16H,3-6,8-10,12-13H2,1-2H3/t16-/m0/s1. The Morgan fingerprint density at radius 1 is 1.29 bits per heavy atom. The van der Waals surface area contributed by atoms with Crippen molar-refractivity contribution in [3.05, 3.63) is 18.1 Å². The number of carbonyl (C=O) groups excluding carboxylic acids is 1. The second-order valence-corrected chi connectivity index (χ2v) is 8.74. The number of thioether (sulfide) groups is 1. The van der Waals surface area contributed by atoms with Crippen LogP contribution in [0.2, 0.25) is 0 Å². The number of furan rings is 1. The predicted molar refractivity (Wildman–Crippen MR) is 107 cm³/mol. The van der Waals surface area contributed by atoms with Gasteiger partial charge >= 0.3 is 0 Å². The number of carbonyl (C=O) groups is 1. The van der Waals surface area contributed by atoms with Crippen LogP contribution in [0, 0.1) is 12.8 Å². The lowest BCUT2D eigenvalue weighted by molar-refractivity contribution is -0.129. The van der Waals surface area contributed by atoms with Crippen LogP contribution in [0.1, 0.15) is 38.4 Å². The van der Waals surface area contributed by atoms with Crippen LogP contribution in [0.5, 0.6) is 0 Å². The van der Waals surface area contributed by atoms with Gasteiger partial charge in [0.2, 0.25) is 5.91 Å². The van der Waals surface area contributed by atoms with Gasteiger partial charge in [-0.2, -0.15) is 0 Å². The molecule has 0 unspecified atom stereocenters. The summed E-state index contributed by atoms with van der Waals surface area (Å²) in [6.45, 7) is 7.41. The highest BCUT2D eigenvalue weighted by molar-refractivity contribution is 7.99. The summed E-state index contributed by atoms with van der Waals surface area (Å²) < 4.78 is 13.4. The quantitative estimate of drug-likeness (QED) is 0.687. The zero-order valence-electron chi connectivity index (χ0n) is 16.6. The van der Waals surface area contributed by atoms with Gasteiger partial charge in [0.05, 0.1) is 30.2 Å². The van der Waals surface area contributed by atoms with Gasteiger partial charge in [-0.05, 0) is 44.6 Å². The molecule has 0 aromatic carbocycles. The number of hydrogen-bond acceptors (Lipinski definition) is 6. The van der Waals surface area contributed by atoms with E-state index in [0.29, 0.717) is 18.2 Å². The fourth-order valence-electron chi connectivity index (χ4n) is 3.84. The summed E-state index contributed by atoms with van der Waals surface area (Å²) >= 11 is 1.47. The van der Waals surface area contributed by atoms with Crippen molar-refractivity contribution < 1.29 is 13.9 Å². The first-order chi connectivity index (χ1) is 13.6. The average molecular weight is 405 g/mol. The molecule has 152 valence electrons. The molecule has 2 aliphatic rings. The third kappa shape index (κ3) is 4.27. The van der Waals surface area contributed by atoms with E-state index in [2.05, 4.69) is 21.7 Å². The Morgan fingerprint density at radius 2 is 2.11 bits per heavy atom. The molecular weight excluding hydrogens is 376 g/mol. The van der Waals surface area contributed by atoms with E-state index in [4.69, 9.17) is 9.15 Å². The second kappa shape index (κ2) is 8.69. The highest BCUT2D eigenvalue weighted by Gasteiger charge is 2.25. The molecule has 0 radical (unpaired) electrons. The summed E-state index contributed by atoms with van der Waals surface area (Å²) in [5, 5.41) is 9.57. The highest BCUT2D eigenvalue weighted by atomic mass is 32.2. The largest absolute Gasteiger partial charge is 0.469 e. The van der Waals surface area contributed by atoms with Gasteiger partial charge in [0.25, 0.3) is 0 Å². The topological polar surface area (TPSA) is 73.4 Å². The zero-order valence-corrected chi connectivity index (χ0v) is 17.4. The van der Waals surface area contributed by atoms with E-state index in [9.17, 15) is 4.79 Å². The van der Waals surface area contributed by atoms with E-state index in [-0.39, 0.29) is 12.0 Å². The number of amides is 1. The number of rotatable bonds is 6. The van der Waals surface area contributed by atoms with Crippen molar-refractivity contribution in [2.45, 2.75) is 57.3 Å². The Hall–Kier alpha value is -1.80. The maximum absolute atomic E-state index is 12.6. The number of piperidine rings is 1. The number of ether oxygens (including phenoxy) is 1. The number of aromatic nitrogens is 3. The average Bonchev–Trinajstić information content (AvgIpc) is 3.43. The Morgan fingerprint density at radius 3 is 2.79 bits per heavy atom. The number of hydrogen-bond donors (Lipinski definition) is 0. The van der Waals surface area contributed by atoms with Gasteiger partial charge in [0.1, 0.15) is 5.76 Å². The normalized spacial score (nSPS) is 20.8. The number of likely N-dealkylation sites (tertiary alicyclic amines) is 1. The van der Waals surface area contributed by atoms with Gasteiger partial charge in [0.15, 0.2) is 11.0 Å². The third-order valence-electron chi connectivity index (χ3n) is 5.69. The summed E-state index contributed by atoms with van der Waals surface area (Å²) in [6, 6.07) is 1.92. The molecule has 4 heterocycles. The van der Waals surface area contributed by atoms with E-state index in [1.807, 2.05) is 17.9 Å². The predicted octanol–water partition coefficient (Wildman–Crippen LogP) is 3.38. The molecule has 0 N–H and O–H groups in total. The van der Waals surface area contributed by atoms with Crippen molar-refractivity contribution in [1.29, 1.82) is 0 Å². The summed E-state index contributed by atoms with van der Waals surface area (Å²) in [5.74, 6) is 2.89. The van der Waals surface area contributed by atoms with Crippen LogP contribution in [0.3, 0.4) is 0 Å². The molecule has 0 bridgehead atoms. The maximum Gasteiger partial charge on any atom is 0.233 e. The molecule has 7 nitrogen and oxygen atoms in total. The molecule has 0 aliphatic carbocycles. The Labute approximate surface area is 169 Å². The second-order valence-electron chi connectivity index (χ2n) is 7.79. The monoisotopic (exact) mass is 404 g/mol. The van der Waals surface area contributed by atoms with Gasteiger partial charge in [-0.1, -0.05) is 18.7 Å². The van der Waals surface area contributed by atoms with Crippen LogP contribution in [0.15, 0.2) is 21.9 Å². The maximum atomic E-state index is 12.6. The lowest BCUT2D eigenvalue weighted by atomic mass is 9.99. The van der Waals surface area contributed by atoms with E-state index in [1.54, 1.807) is 6.26 Å². The molecule has 0 spiro atoms. The summed E-state index contributed by atoms with van der Waals surface area (Å²) in [4.78, 5) is 14.6. The lowest BCUT2D eigenvalue weighted by Crippen LogP contribution is -2.38. The van der Waals surface area contributed by atoms with Gasteiger partial charge < -0.3 is 14.1 Å². The van der Waals surface area contributed by atoms with Crippen molar-refractivity contribution in [2.75, 3.05) is 25.4 Å². The zero-order chi connectivity index (χ0) is 19.5. The summed E-state index contributed by atoms with van der Waals surface area (Å²) in [6.07, 6.45) is 6.15. The molecule has 1 atom stereocenters. The minimum absolute atomic E-state index is 0.167. The summed E-state index contributed by atoms with van der Waals surface area (Å²) in [7, 11) is 0. The van der Waals surface area contributed by atoms with E-state index < -0.39 is 0 Å². The fraction of sp³-hybridized carbons (Fsp3) is 0.650. The molecule has 2 fully saturated rings. The molecular formula is C20H28N4O3S. The third-order valence-corrected chi connectivity index (χ3v) is 6.64. The Kier molecular flexibility index (Phi) is 6.06. The molecule has 4 rings (SSSR count). The van der Waals surface area contributed by atoms with Crippen molar-refractivity contribution >= 4 is 17.7 Å². The molecule has 2 aromatic rings. The first-order valence-electron chi connectivity index (χ1n) is 10.1. The van der Waals surface area contributed by atoms with Crippen molar-refractivity contribution in [3.63, 3.8) is 0 Å². The van der Waals surface area contributed by atoms with Crippen molar-refractivity contribution in [3.8, 4) is 11.4 Å². The minimum atomic E-state index is 0.167. The van der Waals surface area contributed by atoms with E-state index in [1.165, 1.54) is 11.8 Å². The minimum Gasteiger partial charge on any atom is -0.469 e. The summed E-state index contributed by atoms with van der Waals surface area (Å²) in [5.41, 5.74) is 0.939. The Balaban J connectivity index is 1.49. The molecule has 2 saturated heterocycles. The van der Waals surface area contributed by atoms with Crippen molar-refractivity contribution in [1.82, 2.24) is 19.7 Å². The Bertz CT molecular complexity index is 804. The molecule has 2 aromatic heterocycles. The van der Waals surface area contributed by atoms with E-state index in [0.717, 1.165) is 67.7 Å². The van der Waals surface area contributed by atoms with Gasteiger partial charge in [-0.15, -0.1) is 10.2 Å². The SMILES string of the molecule is Cc1occc1-c1nnc(SCC(=O)N2CCC(C)CC2)n1C[C@@H]1CCCO1. The van der Waals surface area contributed by atoms with Crippen LogP contribution in [-0.4, -0.2) is 57.1 Å². The molecule has 2 aliphatic heterocycles. The van der Waals surface area contributed by atoms with Gasteiger partial charge in [0, 0.05) is 19.7 Å². The van der Waals surface area contributed by atoms with Crippen molar-refractivity contribution in [2.24, 2.45) is 5.92 Å². The first-order valence-corrected chi connectivity index (χ1v) is 11.1. The van der Waals surface area contributed by atoms with E-state index >= 15 is 0 Å². The van der Waals surface area contributed by atoms with Gasteiger partial charge in [-0.25, -0.2) is 0 Å². The van der Waals surface area contributed by atoms with Crippen LogP contribution in [0.25, 0.3) is 11.4 Å². The fourth-order valence-corrected chi connectivity index (χ4v) is 4.69.